The van der Waals surface area contributed by atoms with Crippen LogP contribution in [0.3, 0.4) is 0 Å². The molecule has 0 saturated carbocycles. The van der Waals surface area contributed by atoms with Gasteiger partial charge in [0.15, 0.2) is 0 Å². The summed E-state index contributed by atoms with van der Waals surface area (Å²) in [7, 11) is 0. The van der Waals surface area contributed by atoms with E-state index in [0.717, 1.165) is 42.7 Å². The van der Waals surface area contributed by atoms with E-state index in [9.17, 15) is 9.18 Å². The minimum atomic E-state index is -1.16. The predicted molar refractivity (Wildman–Crippen MR) is 95.8 cm³/mol. The van der Waals surface area contributed by atoms with Gasteiger partial charge in [0.1, 0.15) is 24.0 Å². The number of aromatic nitrogens is 3. The van der Waals surface area contributed by atoms with Gasteiger partial charge in [-0.15, -0.1) is 0 Å². The maximum Gasteiger partial charge on any atom is 0.246 e. The Labute approximate surface area is 150 Å². The van der Waals surface area contributed by atoms with E-state index in [1.54, 1.807) is 0 Å². The second kappa shape index (κ2) is 7.03. The Morgan fingerprint density at radius 1 is 1.38 bits per heavy atom. The molecule has 0 radical (unpaired) electrons. The molecule has 2 aromatic heterocycles. The van der Waals surface area contributed by atoms with Gasteiger partial charge in [-0.3, -0.25) is 4.79 Å². The van der Waals surface area contributed by atoms with E-state index in [0.29, 0.717) is 11.7 Å². The quantitative estimate of drug-likeness (QED) is 0.816. The molecule has 26 heavy (non-hydrogen) atoms. The number of carbonyl (C=O) groups excluding carboxylic acids is 1. The average Bonchev–Trinajstić information content (AvgIpc) is 3.26. The fourth-order valence-electron chi connectivity index (χ4n) is 3.81. The molecule has 0 bridgehead atoms. The zero-order valence-electron chi connectivity index (χ0n) is 14.4. The summed E-state index contributed by atoms with van der Waals surface area (Å²) in [4.78, 5) is 25.1. The third kappa shape index (κ3) is 3.05. The van der Waals surface area contributed by atoms with Crippen molar-refractivity contribution in [2.24, 2.45) is 0 Å². The van der Waals surface area contributed by atoms with Crippen LogP contribution < -0.4 is 5.32 Å². The van der Waals surface area contributed by atoms with Crippen LogP contribution in [0, 0.1) is 0 Å². The van der Waals surface area contributed by atoms with E-state index in [2.05, 4.69) is 26.8 Å². The Balaban J connectivity index is 1.61. The Hall–Kier alpha value is -2.48. The van der Waals surface area contributed by atoms with Gasteiger partial charge in [0, 0.05) is 26.0 Å². The Bertz CT molecular complexity index is 817. The second-order valence-corrected chi connectivity index (χ2v) is 6.79. The van der Waals surface area contributed by atoms with Crippen molar-refractivity contribution in [1.29, 1.82) is 0 Å². The zero-order valence-corrected chi connectivity index (χ0v) is 14.4. The highest BCUT2D eigenvalue weighted by Crippen LogP contribution is 2.35. The van der Waals surface area contributed by atoms with Crippen molar-refractivity contribution >= 4 is 22.8 Å². The van der Waals surface area contributed by atoms with Gasteiger partial charge in [-0.1, -0.05) is 6.58 Å². The number of H-pyrrole nitrogens is 1. The number of alkyl halides is 1. The highest BCUT2D eigenvalue weighted by Gasteiger charge is 2.35. The predicted octanol–water partition coefficient (Wildman–Crippen LogP) is 2.00. The summed E-state index contributed by atoms with van der Waals surface area (Å²) in [5.74, 6) is 0.722. The van der Waals surface area contributed by atoms with Crippen LogP contribution in [0.15, 0.2) is 25.2 Å². The van der Waals surface area contributed by atoms with E-state index < -0.39 is 12.2 Å². The van der Waals surface area contributed by atoms with Gasteiger partial charge in [0.05, 0.1) is 18.0 Å². The van der Waals surface area contributed by atoms with E-state index in [1.807, 2.05) is 6.20 Å². The molecule has 2 aliphatic rings. The lowest BCUT2D eigenvalue weighted by Crippen LogP contribution is -2.31. The largest absolute Gasteiger partial charge is 0.381 e. The molecule has 2 N–H and O–H groups in total. The van der Waals surface area contributed by atoms with Crippen LogP contribution in [0.5, 0.6) is 0 Å². The summed E-state index contributed by atoms with van der Waals surface area (Å²) < 4.78 is 19.9. The molecule has 2 aliphatic heterocycles. The fraction of sp³-hybridized carbons (Fsp3) is 0.500. The molecule has 2 saturated heterocycles. The number of nitrogens with one attached hydrogen (secondary N) is 2. The second-order valence-electron chi connectivity index (χ2n) is 6.79. The van der Waals surface area contributed by atoms with E-state index >= 15 is 0 Å². The van der Waals surface area contributed by atoms with Crippen LogP contribution in [-0.2, 0) is 9.53 Å². The number of nitrogens with zero attached hydrogens (tertiary/aromatic N) is 3. The lowest BCUT2D eigenvalue weighted by molar-refractivity contribution is -0.125. The Morgan fingerprint density at radius 3 is 2.96 bits per heavy atom. The Kier molecular flexibility index (Phi) is 4.58. The van der Waals surface area contributed by atoms with Crippen LogP contribution >= 0.6 is 0 Å². The highest BCUT2D eigenvalue weighted by molar-refractivity contribution is 5.91. The first-order chi connectivity index (χ1) is 12.7. The molecular formula is C18H22FN5O2. The zero-order chi connectivity index (χ0) is 18.1. The first kappa shape index (κ1) is 17.0. The maximum atomic E-state index is 14.4. The van der Waals surface area contributed by atoms with Gasteiger partial charge in [0.25, 0.3) is 0 Å². The van der Waals surface area contributed by atoms with Crippen LogP contribution in [-0.4, -0.2) is 64.3 Å². The summed E-state index contributed by atoms with van der Waals surface area (Å²) >= 11 is 0. The van der Waals surface area contributed by atoms with Crippen molar-refractivity contribution in [3.05, 3.63) is 30.7 Å². The fourth-order valence-corrected chi connectivity index (χ4v) is 3.81. The van der Waals surface area contributed by atoms with E-state index in [4.69, 9.17) is 4.74 Å². The Morgan fingerprint density at radius 2 is 2.19 bits per heavy atom. The van der Waals surface area contributed by atoms with Crippen molar-refractivity contribution in [3.8, 4) is 0 Å². The van der Waals surface area contributed by atoms with E-state index in [1.165, 1.54) is 17.3 Å². The van der Waals surface area contributed by atoms with Crippen molar-refractivity contribution in [3.63, 3.8) is 0 Å². The molecule has 8 heteroatoms. The molecule has 2 aromatic rings. The summed E-state index contributed by atoms with van der Waals surface area (Å²) in [6.07, 6.45) is 5.37. The summed E-state index contributed by atoms with van der Waals surface area (Å²) in [6, 6.07) is -0.505. The number of rotatable bonds is 4. The highest BCUT2D eigenvalue weighted by atomic mass is 19.1. The van der Waals surface area contributed by atoms with E-state index in [-0.39, 0.29) is 19.0 Å². The molecule has 4 heterocycles. The normalized spacial score (nSPS) is 24.1. The standard InChI is InChI=1S/C18H22FN5O2/c1-2-15(25)24-8-13(19)14(9-24)23-18-16-12(11-3-5-26-6-4-11)7-20-17(16)21-10-22-18/h2,7,10-11,13-14H,1,3-6,8-9H2,(H2,20,21,22,23)/t13-,14+/m1/s1. The van der Waals surface area contributed by atoms with Gasteiger partial charge in [-0.2, -0.15) is 0 Å². The van der Waals surface area contributed by atoms with Crippen LogP contribution in [0.2, 0.25) is 0 Å². The van der Waals surface area contributed by atoms with Gasteiger partial charge in [-0.05, 0) is 30.4 Å². The summed E-state index contributed by atoms with van der Waals surface area (Å²) in [5.41, 5.74) is 1.87. The average molecular weight is 359 g/mol. The van der Waals surface area contributed by atoms with Crippen molar-refractivity contribution in [2.75, 3.05) is 31.6 Å². The topological polar surface area (TPSA) is 83.1 Å². The number of hydrogen-bond acceptors (Lipinski definition) is 5. The molecule has 0 aromatic carbocycles. The number of amides is 1. The van der Waals surface area contributed by atoms with Crippen LogP contribution in [0.25, 0.3) is 11.0 Å². The van der Waals surface area contributed by atoms with Gasteiger partial charge in [-0.25, -0.2) is 14.4 Å². The number of halogens is 1. The SMILES string of the molecule is C=CC(=O)N1C[C@@H](F)[C@@H](Nc2ncnc3[nH]cc(C4CCOCC4)c23)C1. The number of ether oxygens (including phenoxy) is 1. The summed E-state index contributed by atoms with van der Waals surface area (Å²) in [5, 5.41) is 4.11. The molecular weight excluding hydrogens is 337 g/mol. The number of fused-ring (bicyclic) bond motifs is 1. The van der Waals surface area contributed by atoms with Crippen molar-refractivity contribution < 1.29 is 13.9 Å². The minimum absolute atomic E-state index is 0.0662. The number of aromatic amines is 1. The number of anilines is 1. The summed E-state index contributed by atoms with van der Waals surface area (Å²) in [6.45, 7) is 5.30. The van der Waals surface area contributed by atoms with Gasteiger partial charge in [0.2, 0.25) is 5.91 Å². The molecule has 2 fully saturated rings. The molecule has 2 atom stereocenters. The first-order valence-electron chi connectivity index (χ1n) is 8.89. The molecule has 0 spiro atoms. The maximum absolute atomic E-state index is 14.4. The lowest BCUT2D eigenvalue weighted by atomic mass is 9.92. The smallest absolute Gasteiger partial charge is 0.246 e. The van der Waals surface area contributed by atoms with Gasteiger partial charge >= 0.3 is 0 Å². The van der Waals surface area contributed by atoms with Crippen LogP contribution in [0.4, 0.5) is 10.2 Å². The van der Waals surface area contributed by atoms with Gasteiger partial charge < -0.3 is 19.9 Å². The number of hydrogen-bond donors (Lipinski definition) is 2. The lowest BCUT2D eigenvalue weighted by Gasteiger charge is -2.22. The molecule has 0 unspecified atom stereocenters. The molecule has 0 aliphatic carbocycles. The third-order valence-corrected chi connectivity index (χ3v) is 5.22. The van der Waals surface area contributed by atoms with Crippen LogP contribution in [0.1, 0.15) is 24.3 Å². The van der Waals surface area contributed by atoms with Crippen molar-refractivity contribution in [2.45, 2.75) is 31.0 Å². The number of likely N-dealkylation sites (tertiary alicyclic amines) is 1. The first-order valence-corrected chi connectivity index (χ1v) is 8.89. The molecule has 7 nitrogen and oxygen atoms in total. The molecule has 1 amide bonds. The number of carbonyl (C=O) groups is 1. The monoisotopic (exact) mass is 359 g/mol. The minimum Gasteiger partial charge on any atom is -0.381 e. The van der Waals surface area contributed by atoms with Crippen molar-refractivity contribution in [1.82, 2.24) is 19.9 Å². The molecule has 4 rings (SSSR count). The molecule has 138 valence electrons. The third-order valence-electron chi connectivity index (χ3n) is 5.22.